The number of nitrogens with one attached hydrogen (secondary N) is 1. The van der Waals surface area contributed by atoms with E-state index in [9.17, 15) is 21.6 Å². The zero-order valence-corrected chi connectivity index (χ0v) is 13.1. The van der Waals surface area contributed by atoms with Crippen molar-refractivity contribution in [3.05, 3.63) is 29.8 Å². The monoisotopic (exact) mass is 336 g/mol. The zero-order valence-electron chi connectivity index (χ0n) is 11.4. The van der Waals surface area contributed by atoms with E-state index in [1.54, 1.807) is 6.07 Å². The van der Waals surface area contributed by atoms with Crippen LogP contribution in [0.15, 0.2) is 29.2 Å². The Labute approximate surface area is 123 Å². The normalized spacial score (nSPS) is 13.7. The molecule has 0 amide bonds. The lowest BCUT2D eigenvalue weighted by atomic mass is 10.1. The molecule has 0 spiro atoms. The van der Waals surface area contributed by atoms with Crippen LogP contribution in [0.2, 0.25) is 0 Å². The predicted molar refractivity (Wildman–Crippen MR) is 75.2 cm³/mol. The van der Waals surface area contributed by atoms with Crippen LogP contribution < -0.4 is 9.86 Å². The van der Waals surface area contributed by atoms with E-state index >= 15 is 0 Å². The number of sulfonamides is 2. The summed E-state index contributed by atoms with van der Waals surface area (Å²) in [6.07, 6.45) is 0. The average Bonchev–Trinajstić information content (AvgIpc) is 2.36. The van der Waals surface area contributed by atoms with Gasteiger partial charge in [0.1, 0.15) is 0 Å². The Morgan fingerprint density at radius 1 is 1.33 bits per heavy atom. The molecule has 10 heteroatoms. The predicted octanol–water partition coefficient (Wildman–Crippen LogP) is -0.513. The van der Waals surface area contributed by atoms with Gasteiger partial charge in [-0.2, -0.15) is 0 Å². The molecule has 0 bridgehead atoms. The van der Waals surface area contributed by atoms with E-state index in [4.69, 9.17) is 5.14 Å². The molecule has 0 saturated heterocycles. The maximum atomic E-state index is 11.7. The second kappa shape index (κ2) is 6.52. The number of methoxy groups -OCH3 is 1. The third-order valence-electron chi connectivity index (χ3n) is 2.58. The molecule has 0 aliphatic heterocycles. The number of primary sulfonamides is 1. The van der Waals surface area contributed by atoms with Crippen LogP contribution in [-0.2, 0) is 29.6 Å². The Kier molecular flexibility index (Phi) is 5.45. The van der Waals surface area contributed by atoms with Crippen LogP contribution in [-0.4, -0.2) is 35.7 Å². The van der Waals surface area contributed by atoms with E-state index in [1.807, 2.05) is 0 Å². The largest absolute Gasteiger partial charge is 0.468 e. The van der Waals surface area contributed by atoms with E-state index in [1.165, 1.54) is 25.1 Å². The van der Waals surface area contributed by atoms with Crippen LogP contribution in [0.3, 0.4) is 0 Å². The van der Waals surface area contributed by atoms with Gasteiger partial charge in [-0.1, -0.05) is 12.1 Å². The van der Waals surface area contributed by atoms with Gasteiger partial charge in [-0.3, -0.25) is 4.79 Å². The van der Waals surface area contributed by atoms with Crippen LogP contribution in [0.5, 0.6) is 0 Å². The fourth-order valence-electron chi connectivity index (χ4n) is 1.55. The van der Waals surface area contributed by atoms with Gasteiger partial charge in [-0.15, -0.1) is 0 Å². The average molecular weight is 336 g/mol. The molecule has 0 radical (unpaired) electrons. The minimum absolute atomic E-state index is 0.126. The van der Waals surface area contributed by atoms with Gasteiger partial charge in [0, 0.05) is 6.04 Å². The van der Waals surface area contributed by atoms with Crippen LogP contribution in [0.1, 0.15) is 18.5 Å². The lowest BCUT2D eigenvalue weighted by Crippen LogP contribution is -2.32. The third-order valence-corrected chi connectivity index (χ3v) is 4.82. The highest BCUT2D eigenvalue weighted by molar-refractivity contribution is 7.90. The molecule has 1 atom stereocenters. The molecule has 3 N–H and O–H groups in total. The molecule has 0 fully saturated rings. The van der Waals surface area contributed by atoms with Crippen molar-refractivity contribution >= 4 is 26.0 Å². The van der Waals surface area contributed by atoms with Crippen LogP contribution in [0.25, 0.3) is 0 Å². The molecule has 0 heterocycles. The first-order chi connectivity index (χ1) is 9.55. The minimum atomic E-state index is -3.89. The second-order valence-electron chi connectivity index (χ2n) is 4.29. The lowest BCUT2D eigenvalue weighted by molar-refractivity contribution is -0.137. The molecule has 0 aliphatic carbocycles. The van der Waals surface area contributed by atoms with Gasteiger partial charge in [0.05, 0.1) is 12.0 Å². The number of ether oxygens (including phenoxy) is 1. The topological polar surface area (TPSA) is 133 Å². The molecule has 0 aromatic heterocycles. The van der Waals surface area contributed by atoms with E-state index in [0.717, 1.165) is 7.11 Å². The zero-order chi connectivity index (χ0) is 16.3. The first-order valence-electron chi connectivity index (χ1n) is 5.75. The van der Waals surface area contributed by atoms with Gasteiger partial charge >= 0.3 is 5.97 Å². The van der Waals surface area contributed by atoms with Crippen molar-refractivity contribution in [2.75, 3.05) is 12.9 Å². The molecular weight excluding hydrogens is 320 g/mol. The molecule has 1 aromatic carbocycles. The quantitative estimate of drug-likeness (QED) is 0.672. The summed E-state index contributed by atoms with van der Waals surface area (Å²) in [5.41, 5.74) is 0.398. The fourth-order valence-corrected chi connectivity index (χ4v) is 3.31. The molecule has 0 saturated carbocycles. The van der Waals surface area contributed by atoms with E-state index in [2.05, 4.69) is 9.46 Å². The molecule has 1 unspecified atom stereocenters. The molecule has 21 heavy (non-hydrogen) atoms. The molecule has 1 rings (SSSR count). The van der Waals surface area contributed by atoms with E-state index < -0.39 is 37.8 Å². The summed E-state index contributed by atoms with van der Waals surface area (Å²) >= 11 is 0. The summed E-state index contributed by atoms with van der Waals surface area (Å²) in [6, 6.07) is 4.82. The van der Waals surface area contributed by atoms with Crippen LogP contribution in [0, 0.1) is 0 Å². The second-order valence-corrected chi connectivity index (χ2v) is 7.61. The maximum absolute atomic E-state index is 11.7. The molecular formula is C11H16N2O6S2. The molecule has 0 aliphatic rings. The Morgan fingerprint density at radius 3 is 2.48 bits per heavy atom. The summed E-state index contributed by atoms with van der Waals surface area (Å²) in [5, 5.41) is 5.01. The van der Waals surface area contributed by atoms with Gasteiger partial charge in [0.25, 0.3) is 0 Å². The summed E-state index contributed by atoms with van der Waals surface area (Å²) < 4.78 is 52.5. The van der Waals surface area contributed by atoms with Crippen molar-refractivity contribution in [2.24, 2.45) is 5.14 Å². The van der Waals surface area contributed by atoms with Crippen molar-refractivity contribution in [1.29, 1.82) is 0 Å². The molecule has 1 aromatic rings. The van der Waals surface area contributed by atoms with Gasteiger partial charge < -0.3 is 4.74 Å². The number of nitrogens with two attached hydrogens (primary N) is 1. The van der Waals surface area contributed by atoms with Crippen molar-refractivity contribution in [3.63, 3.8) is 0 Å². The van der Waals surface area contributed by atoms with Crippen LogP contribution in [0.4, 0.5) is 0 Å². The number of carbonyl (C=O) groups is 1. The van der Waals surface area contributed by atoms with Gasteiger partial charge in [0.15, 0.2) is 5.75 Å². The first-order valence-corrected chi connectivity index (χ1v) is 8.94. The lowest BCUT2D eigenvalue weighted by Gasteiger charge is -2.14. The summed E-state index contributed by atoms with van der Waals surface area (Å²) in [7, 11) is -6.69. The third kappa shape index (κ3) is 5.42. The van der Waals surface area contributed by atoms with E-state index in [-0.39, 0.29) is 4.90 Å². The Morgan fingerprint density at radius 2 is 1.95 bits per heavy atom. The Hall–Kier alpha value is -1.49. The van der Waals surface area contributed by atoms with Crippen molar-refractivity contribution in [1.82, 2.24) is 4.72 Å². The Balaban J connectivity index is 2.95. The number of esters is 1. The van der Waals surface area contributed by atoms with E-state index in [0.29, 0.717) is 5.56 Å². The summed E-state index contributed by atoms with van der Waals surface area (Å²) in [4.78, 5) is 10.9. The van der Waals surface area contributed by atoms with Crippen molar-refractivity contribution in [3.8, 4) is 0 Å². The highest BCUT2D eigenvalue weighted by Crippen LogP contribution is 2.17. The smallest absolute Gasteiger partial charge is 0.322 e. The summed E-state index contributed by atoms with van der Waals surface area (Å²) in [5.74, 6) is -1.71. The molecule has 8 nitrogen and oxygen atoms in total. The van der Waals surface area contributed by atoms with Crippen molar-refractivity contribution < 1.29 is 26.4 Å². The van der Waals surface area contributed by atoms with Crippen LogP contribution >= 0.6 is 0 Å². The van der Waals surface area contributed by atoms with Gasteiger partial charge in [0.2, 0.25) is 20.0 Å². The number of benzene rings is 1. The fraction of sp³-hybridized carbons (Fsp3) is 0.364. The SMILES string of the molecule is COC(=O)CS(=O)(=O)NC(C)c1cccc(S(N)(=O)=O)c1. The number of rotatable bonds is 6. The number of hydrogen-bond acceptors (Lipinski definition) is 6. The van der Waals surface area contributed by atoms with Gasteiger partial charge in [-0.05, 0) is 24.6 Å². The highest BCUT2D eigenvalue weighted by Gasteiger charge is 2.21. The first kappa shape index (κ1) is 17.6. The number of hydrogen-bond donors (Lipinski definition) is 2. The standard InChI is InChI=1S/C11H16N2O6S2/c1-8(13-20(15,16)7-11(14)19-2)9-4-3-5-10(6-9)21(12,17)18/h3-6,8,13H,7H2,1-2H3,(H2,12,17,18). The highest BCUT2D eigenvalue weighted by atomic mass is 32.2. The van der Waals surface area contributed by atoms with Crippen molar-refractivity contribution in [2.45, 2.75) is 17.9 Å². The maximum Gasteiger partial charge on any atom is 0.322 e. The Bertz CT molecular complexity index is 727. The minimum Gasteiger partial charge on any atom is -0.468 e. The van der Waals surface area contributed by atoms with Gasteiger partial charge in [-0.25, -0.2) is 26.7 Å². The summed E-state index contributed by atoms with van der Waals surface area (Å²) in [6.45, 7) is 1.51. The molecule has 118 valence electrons. The number of carbonyl (C=O) groups excluding carboxylic acids is 1.